The third kappa shape index (κ3) is 3.16. The van der Waals surface area contributed by atoms with Gasteiger partial charge in [0.1, 0.15) is 17.4 Å². The van der Waals surface area contributed by atoms with Crippen LogP contribution in [0.4, 0.5) is 14.5 Å². The number of hydrogen-bond acceptors (Lipinski definition) is 2. The molecule has 0 bridgehead atoms. The van der Waals surface area contributed by atoms with Crippen LogP contribution >= 0.6 is 11.6 Å². The molecule has 0 spiro atoms. The van der Waals surface area contributed by atoms with Gasteiger partial charge in [-0.15, -0.1) is 0 Å². The van der Waals surface area contributed by atoms with E-state index in [1.807, 2.05) is 13.0 Å². The Hall–Kier alpha value is -2.66. The molecular weight excluding hydrogens is 336 g/mol. The van der Waals surface area contributed by atoms with E-state index >= 15 is 0 Å². The first-order valence-electron chi connectivity index (χ1n) is 7.07. The highest BCUT2D eigenvalue weighted by atomic mass is 35.5. The van der Waals surface area contributed by atoms with Gasteiger partial charge in [0, 0.05) is 16.7 Å². The normalized spacial score (nSPS) is 10.7. The lowest BCUT2D eigenvalue weighted by Gasteiger charge is -2.05. The summed E-state index contributed by atoms with van der Waals surface area (Å²) >= 11 is 6.08. The minimum absolute atomic E-state index is 0.00750. The van der Waals surface area contributed by atoms with Crippen molar-refractivity contribution in [2.45, 2.75) is 6.92 Å². The molecule has 0 aliphatic carbocycles. The lowest BCUT2D eigenvalue weighted by atomic mass is 10.1. The van der Waals surface area contributed by atoms with Gasteiger partial charge < -0.3 is 9.73 Å². The van der Waals surface area contributed by atoms with Crippen LogP contribution in [0.1, 0.15) is 16.1 Å². The Morgan fingerprint density at radius 1 is 1.12 bits per heavy atom. The Morgan fingerprint density at radius 2 is 1.92 bits per heavy atom. The van der Waals surface area contributed by atoms with Crippen LogP contribution in [-0.4, -0.2) is 5.91 Å². The highest BCUT2D eigenvalue weighted by Crippen LogP contribution is 2.30. The van der Waals surface area contributed by atoms with Crippen molar-refractivity contribution in [2.75, 3.05) is 5.32 Å². The first-order chi connectivity index (χ1) is 11.5. The number of rotatable bonds is 3. The van der Waals surface area contributed by atoms with Crippen LogP contribution in [0, 0.1) is 18.6 Å². The highest BCUT2D eigenvalue weighted by Gasteiger charge is 2.16. The van der Waals surface area contributed by atoms with Crippen molar-refractivity contribution in [3.8, 4) is 11.3 Å². The number of nitrogens with one attached hydrogen (secondary N) is 1. The maximum Gasteiger partial charge on any atom is 0.291 e. The molecule has 6 heteroatoms. The zero-order chi connectivity index (χ0) is 17.3. The number of anilines is 1. The van der Waals surface area contributed by atoms with Gasteiger partial charge in [-0.05, 0) is 42.8 Å². The Kier molecular flexibility index (Phi) is 4.36. The van der Waals surface area contributed by atoms with E-state index < -0.39 is 17.5 Å². The molecule has 0 radical (unpaired) electrons. The fourth-order valence-electron chi connectivity index (χ4n) is 2.25. The fourth-order valence-corrected chi connectivity index (χ4v) is 2.43. The number of halogens is 3. The van der Waals surface area contributed by atoms with Crippen LogP contribution in [0.15, 0.2) is 52.9 Å². The summed E-state index contributed by atoms with van der Waals surface area (Å²) in [6.07, 6.45) is 0. The lowest BCUT2D eigenvalue weighted by molar-refractivity contribution is 0.0997. The van der Waals surface area contributed by atoms with E-state index in [2.05, 4.69) is 5.32 Å². The zero-order valence-electron chi connectivity index (χ0n) is 12.6. The molecule has 122 valence electrons. The predicted molar refractivity (Wildman–Crippen MR) is 88.2 cm³/mol. The van der Waals surface area contributed by atoms with Crippen molar-refractivity contribution in [3.63, 3.8) is 0 Å². The smallest absolute Gasteiger partial charge is 0.291 e. The zero-order valence-corrected chi connectivity index (χ0v) is 13.3. The number of furan rings is 1. The maximum atomic E-state index is 13.6. The molecule has 24 heavy (non-hydrogen) atoms. The average molecular weight is 348 g/mol. The summed E-state index contributed by atoms with van der Waals surface area (Å²) in [6.45, 7) is 1.84. The second kappa shape index (κ2) is 6.45. The molecule has 0 saturated heterocycles. The topological polar surface area (TPSA) is 42.2 Å². The van der Waals surface area contributed by atoms with Gasteiger partial charge >= 0.3 is 0 Å². The second-order valence-corrected chi connectivity index (χ2v) is 5.56. The molecule has 3 nitrogen and oxygen atoms in total. The molecule has 1 aromatic heterocycles. The number of carbonyl (C=O) groups is 1. The standard InChI is InChI=1S/C18H12ClF2NO2/c1-10-12(3-2-4-13(10)19)16-7-8-17(24-16)18(23)22-15-6-5-11(20)9-14(15)21/h2-9H,1H3,(H,22,23). The number of amides is 1. The molecule has 0 unspecified atom stereocenters. The van der Waals surface area contributed by atoms with Gasteiger partial charge in [0.05, 0.1) is 5.69 Å². The highest BCUT2D eigenvalue weighted by molar-refractivity contribution is 6.31. The molecule has 1 N–H and O–H groups in total. The largest absolute Gasteiger partial charge is 0.451 e. The first-order valence-corrected chi connectivity index (χ1v) is 7.45. The fraction of sp³-hybridized carbons (Fsp3) is 0.0556. The van der Waals surface area contributed by atoms with E-state index in [0.717, 1.165) is 23.3 Å². The molecule has 0 aliphatic heterocycles. The van der Waals surface area contributed by atoms with Crippen LogP contribution in [0.3, 0.4) is 0 Å². The quantitative estimate of drug-likeness (QED) is 0.685. The van der Waals surface area contributed by atoms with E-state index in [0.29, 0.717) is 16.8 Å². The summed E-state index contributed by atoms with van der Waals surface area (Å²) in [5.41, 5.74) is 1.46. The van der Waals surface area contributed by atoms with Crippen molar-refractivity contribution >= 4 is 23.2 Å². The van der Waals surface area contributed by atoms with Gasteiger partial charge in [-0.25, -0.2) is 8.78 Å². The van der Waals surface area contributed by atoms with Crippen molar-refractivity contribution in [1.29, 1.82) is 0 Å². The van der Waals surface area contributed by atoms with E-state index in [9.17, 15) is 13.6 Å². The van der Waals surface area contributed by atoms with Gasteiger partial charge in [-0.1, -0.05) is 23.7 Å². The molecule has 2 aromatic carbocycles. The van der Waals surface area contributed by atoms with Crippen LogP contribution in [0.25, 0.3) is 11.3 Å². The third-order valence-electron chi connectivity index (χ3n) is 3.54. The number of hydrogen-bond donors (Lipinski definition) is 1. The van der Waals surface area contributed by atoms with Gasteiger partial charge in [-0.3, -0.25) is 4.79 Å². The predicted octanol–water partition coefficient (Wildman–Crippen LogP) is 5.44. The van der Waals surface area contributed by atoms with Gasteiger partial charge in [0.25, 0.3) is 5.91 Å². The number of carbonyl (C=O) groups excluding carboxylic acids is 1. The summed E-state index contributed by atoms with van der Waals surface area (Å²) in [6, 6.07) is 11.4. The number of benzene rings is 2. The molecular formula is C18H12ClF2NO2. The van der Waals surface area contributed by atoms with Crippen molar-refractivity contribution in [1.82, 2.24) is 0 Å². The molecule has 3 rings (SSSR count). The van der Waals surface area contributed by atoms with Crippen LogP contribution in [0.5, 0.6) is 0 Å². The summed E-state index contributed by atoms with van der Waals surface area (Å²) in [4.78, 5) is 12.2. The molecule has 3 aromatic rings. The van der Waals surface area contributed by atoms with Gasteiger partial charge in [0.15, 0.2) is 5.76 Å². The molecule has 0 atom stereocenters. The van der Waals surface area contributed by atoms with Crippen molar-refractivity contribution < 1.29 is 18.0 Å². The Bertz CT molecular complexity index is 921. The minimum atomic E-state index is -0.860. The molecule has 0 aliphatic rings. The minimum Gasteiger partial charge on any atom is -0.451 e. The van der Waals surface area contributed by atoms with Crippen LogP contribution < -0.4 is 5.32 Å². The Morgan fingerprint density at radius 3 is 2.67 bits per heavy atom. The molecule has 0 saturated carbocycles. The van der Waals surface area contributed by atoms with E-state index in [-0.39, 0.29) is 11.4 Å². The molecule has 1 heterocycles. The first kappa shape index (κ1) is 16.2. The van der Waals surface area contributed by atoms with E-state index in [1.165, 1.54) is 6.07 Å². The Balaban J connectivity index is 1.85. The maximum absolute atomic E-state index is 13.6. The second-order valence-electron chi connectivity index (χ2n) is 5.15. The van der Waals surface area contributed by atoms with E-state index in [4.69, 9.17) is 16.0 Å². The lowest BCUT2D eigenvalue weighted by Crippen LogP contribution is -2.12. The molecule has 0 fully saturated rings. The SMILES string of the molecule is Cc1c(Cl)cccc1-c1ccc(C(=O)Nc2ccc(F)cc2F)o1. The summed E-state index contributed by atoms with van der Waals surface area (Å²) in [5, 5.41) is 2.93. The van der Waals surface area contributed by atoms with Crippen molar-refractivity contribution in [2.24, 2.45) is 0 Å². The summed E-state index contributed by atoms with van der Waals surface area (Å²) < 4.78 is 32.0. The van der Waals surface area contributed by atoms with Gasteiger partial charge in [0.2, 0.25) is 0 Å². The Labute approximate surface area is 141 Å². The van der Waals surface area contributed by atoms with Crippen molar-refractivity contribution in [3.05, 3.63) is 76.5 Å². The van der Waals surface area contributed by atoms with Crippen LogP contribution in [0.2, 0.25) is 5.02 Å². The average Bonchev–Trinajstić information content (AvgIpc) is 3.02. The van der Waals surface area contributed by atoms with E-state index in [1.54, 1.807) is 18.2 Å². The third-order valence-corrected chi connectivity index (χ3v) is 3.95. The van der Waals surface area contributed by atoms with Crippen LogP contribution in [-0.2, 0) is 0 Å². The van der Waals surface area contributed by atoms with Gasteiger partial charge in [-0.2, -0.15) is 0 Å². The summed E-state index contributed by atoms with van der Waals surface area (Å²) in [7, 11) is 0. The summed E-state index contributed by atoms with van der Waals surface area (Å²) in [5.74, 6) is -1.73. The molecule has 1 amide bonds. The monoisotopic (exact) mass is 347 g/mol.